The third kappa shape index (κ3) is 1.94. The predicted octanol–water partition coefficient (Wildman–Crippen LogP) is 0.563. The lowest BCUT2D eigenvalue weighted by molar-refractivity contribution is -0.384. The Labute approximate surface area is 90.1 Å². The third-order valence-electron chi connectivity index (χ3n) is 2.09. The minimum atomic E-state index is -0.567. The van der Waals surface area contributed by atoms with Gasteiger partial charge in [-0.3, -0.25) is 10.1 Å². The molecule has 1 saturated heterocycles. The number of rotatable bonds is 2. The van der Waals surface area contributed by atoms with Crippen molar-refractivity contribution in [1.82, 2.24) is 15.1 Å². The number of nitrogens with one attached hydrogen (secondary N) is 1. The predicted molar refractivity (Wildman–Crippen MR) is 51.8 cm³/mol. The van der Waals surface area contributed by atoms with Crippen molar-refractivity contribution in [2.75, 3.05) is 19.7 Å². The van der Waals surface area contributed by atoms with Crippen LogP contribution in [0, 0.1) is 10.1 Å². The molecule has 82 valence electrons. The first-order valence-corrected chi connectivity index (χ1v) is 4.77. The SMILES string of the molecule is O=[N+]([O-])c1cnn(C2CNCCO2)c1Cl. The van der Waals surface area contributed by atoms with Gasteiger partial charge in [-0.05, 0) is 0 Å². The van der Waals surface area contributed by atoms with Gasteiger partial charge in [0.05, 0.1) is 11.5 Å². The fourth-order valence-corrected chi connectivity index (χ4v) is 1.64. The fourth-order valence-electron chi connectivity index (χ4n) is 1.37. The van der Waals surface area contributed by atoms with E-state index in [0.29, 0.717) is 13.2 Å². The number of hydrogen-bond donors (Lipinski definition) is 1. The minimum absolute atomic E-state index is 0.00583. The van der Waals surface area contributed by atoms with Gasteiger partial charge in [0, 0.05) is 13.1 Å². The van der Waals surface area contributed by atoms with Crippen LogP contribution in [0.3, 0.4) is 0 Å². The number of morpholine rings is 1. The van der Waals surface area contributed by atoms with Crippen LogP contribution in [0.2, 0.25) is 5.15 Å². The van der Waals surface area contributed by atoms with E-state index in [1.807, 2.05) is 0 Å². The average molecular weight is 233 g/mol. The number of aromatic nitrogens is 2. The van der Waals surface area contributed by atoms with Gasteiger partial charge in [-0.2, -0.15) is 5.10 Å². The van der Waals surface area contributed by atoms with Crippen LogP contribution in [-0.4, -0.2) is 34.4 Å². The lowest BCUT2D eigenvalue weighted by Gasteiger charge is -2.23. The molecule has 1 aromatic heterocycles. The second-order valence-electron chi connectivity index (χ2n) is 3.05. The highest BCUT2D eigenvalue weighted by atomic mass is 35.5. The van der Waals surface area contributed by atoms with Crippen molar-refractivity contribution >= 4 is 17.3 Å². The van der Waals surface area contributed by atoms with E-state index < -0.39 is 4.92 Å². The number of ether oxygens (including phenoxy) is 1. The zero-order valence-electron chi connectivity index (χ0n) is 7.72. The molecule has 0 saturated carbocycles. The zero-order chi connectivity index (χ0) is 10.8. The third-order valence-corrected chi connectivity index (χ3v) is 2.46. The first-order chi connectivity index (χ1) is 7.20. The highest BCUT2D eigenvalue weighted by Crippen LogP contribution is 2.26. The quantitative estimate of drug-likeness (QED) is 0.595. The van der Waals surface area contributed by atoms with Crippen LogP contribution >= 0.6 is 11.6 Å². The molecule has 1 N–H and O–H groups in total. The smallest absolute Gasteiger partial charge is 0.325 e. The molecule has 7 nitrogen and oxygen atoms in total. The molecule has 2 rings (SSSR count). The van der Waals surface area contributed by atoms with Crippen LogP contribution < -0.4 is 5.32 Å². The van der Waals surface area contributed by atoms with Crippen molar-refractivity contribution in [3.8, 4) is 0 Å². The van der Waals surface area contributed by atoms with Gasteiger partial charge in [0.2, 0.25) is 5.15 Å². The van der Waals surface area contributed by atoms with Crippen LogP contribution in [0.1, 0.15) is 6.23 Å². The number of halogens is 1. The molecule has 1 aliphatic rings. The molecule has 2 heterocycles. The maximum absolute atomic E-state index is 10.5. The molecule has 1 aromatic rings. The summed E-state index contributed by atoms with van der Waals surface area (Å²) in [6, 6.07) is 0. The van der Waals surface area contributed by atoms with Gasteiger partial charge in [-0.1, -0.05) is 11.6 Å². The van der Waals surface area contributed by atoms with Crippen LogP contribution in [-0.2, 0) is 4.74 Å². The Bertz CT molecular complexity index is 374. The second kappa shape index (κ2) is 4.13. The normalized spacial score (nSPS) is 21.5. The number of nitro groups is 1. The largest absolute Gasteiger partial charge is 0.354 e. The molecule has 1 unspecified atom stereocenters. The van der Waals surface area contributed by atoms with Gasteiger partial charge in [0.25, 0.3) is 0 Å². The van der Waals surface area contributed by atoms with E-state index in [9.17, 15) is 10.1 Å². The van der Waals surface area contributed by atoms with Gasteiger partial charge in [0.1, 0.15) is 6.20 Å². The van der Waals surface area contributed by atoms with Crippen molar-refractivity contribution in [2.24, 2.45) is 0 Å². The standard InChI is InChI=1S/C7H9ClN4O3/c8-7-5(12(13)14)3-10-11(7)6-4-9-1-2-15-6/h3,6,9H,1-2,4H2. The number of nitrogens with zero attached hydrogens (tertiary/aromatic N) is 3. The summed E-state index contributed by atoms with van der Waals surface area (Å²) in [7, 11) is 0. The van der Waals surface area contributed by atoms with Gasteiger partial charge < -0.3 is 10.1 Å². The molecular formula is C7H9ClN4O3. The van der Waals surface area contributed by atoms with Crippen molar-refractivity contribution in [3.63, 3.8) is 0 Å². The summed E-state index contributed by atoms with van der Waals surface area (Å²) in [6.45, 7) is 1.84. The molecule has 0 radical (unpaired) electrons. The average Bonchev–Trinajstić information content (AvgIpc) is 2.61. The van der Waals surface area contributed by atoms with Crippen molar-refractivity contribution in [3.05, 3.63) is 21.5 Å². The highest BCUT2D eigenvalue weighted by molar-refractivity contribution is 6.31. The second-order valence-corrected chi connectivity index (χ2v) is 3.41. The Morgan fingerprint density at radius 1 is 1.80 bits per heavy atom. The van der Waals surface area contributed by atoms with E-state index in [-0.39, 0.29) is 17.1 Å². The Balaban J connectivity index is 2.24. The fraction of sp³-hybridized carbons (Fsp3) is 0.571. The molecule has 0 aromatic carbocycles. The summed E-state index contributed by atoms with van der Waals surface area (Å²) in [5.41, 5.74) is -0.203. The summed E-state index contributed by atoms with van der Waals surface area (Å²) in [4.78, 5) is 9.96. The van der Waals surface area contributed by atoms with Gasteiger partial charge in [0.15, 0.2) is 6.23 Å². The highest BCUT2D eigenvalue weighted by Gasteiger charge is 2.25. The van der Waals surface area contributed by atoms with Gasteiger partial charge in [-0.15, -0.1) is 0 Å². The first kappa shape index (κ1) is 10.3. The van der Waals surface area contributed by atoms with Gasteiger partial charge in [-0.25, -0.2) is 4.68 Å². The maximum atomic E-state index is 10.5. The molecule has 0 bridgehead atoms. The molecule has 0 spiro atoms. The molecule has 1 atom stereocenters. The summed E-state index contributed by atoms with van der Waals surface area (Å²) < 4.78 is 6.68. The lowest BCUT2D eigenvalue weighted by atomic mass is 10.4. The zero-order valence-corrected chi connectivity index (χ0v) is 8.48. The molecule has 1 fully saturated rings. The van der Waals surface area contributed by atoms with E-state index >= 15 is 0 Å². The van der Waals surface area contributed by atoms with Crippen LogP contribution in [0.4, 0.5) is 5.69 Å². The molecule has 0 amide bonds. The number of hydrogen-bond acceptors (Lipinski definition) is 5. The Hall–Kier alpha value is -1.18. The van der Waals surface area contributed by atoms with Crippen molar-refractivity contribution in [2.45, 2.75) is 6.23 Å². The first-order valence-electron chi connectivity index (χ1n) is 4.40. The van der Waals surface area contributed by atoms with Crippen molar-refractivity contribution < 1.29 is 9.66 Å². The van der Waals surface area contributed by atoms with E-state index in [1.165, 1.54) is 4.68 Å². The Morgan fingerprint density at radius 3 is 3.13 bits per heavy atom. The van der Waals surface area contributed by atoms with E-state index in [4.69, 9.17) is 16.3 Å². The topological polar surface area (TPSA) is 82.2 Å². The summed E-state index contributed by atoms with van der Waals surface area (Å²) in [5.74, 6) is 0. The van der Waals surface area contributed by atoms with Crippen LogP contribution in [0.25, 0.3) is 0 Å². The monoisotopic (exact) mass is 232 g/mol. The molecule has 0 aliphatic carbocycles. The van der Waals surface area contributed by atoms with E-state index in [1.54, 1.807) is 0 Å². The Kier molecular flexibility index (Phi) is 2.85. The lowest BCUT2D eigenvalue weighted by Crippen LogP contribution is -2.36. The summed E-state index contributed by atoms with van der Waals surface area (Å²) >= 11 is 5.80. The molecule has 8 heteroatoms. The van der Waals surface area contributed by atoms with Crippen molar-refractivity contribution in [1.29, 1.82) is 0 Å². The van der Waals surface area contributed by atoms with Gasteiger partial charge >= 0.3 is 5.69 Å². The minimum Gasteiger partial charge on any atom is -0.354 e. The Morgan fingerprint density at radius 2 is 2.60 bits per heavy atom. The van der Waals surface area contributed by atoms with E-state index in [2.05, 4.69) is 10.4 Å². The summed E-state index contributed by atoms with van der Waals surface area (Å²) in [6.07, 6.45) is 0.750. The molecular weight excluding hydrogens is 224 g/mol. The summed E-state index contributed by atoms with van der Waals surface area (Å²) in [5, 5.41) is 17.4. The van der Waals surface area contributed by atoms with E-state index in [0.717, 1.165) is 12.7 Å². The molecule has 15 heavy (non-hydrogen) atoms. The maximum Gasteiger partial charge on any atom is 0.325 e. The van der Waals surface area contributed by atoms with Crippen LogP contribution in [0.5, 0.6) is 0 Å². The molecule has 1 aliphatic heterocycles. The van der Waals surface area contributed by atoms with Crippen LogP contribution in [0.15, 0.2) is 6.20 Å².